The molecule has 1 atom stereocenters. The van der Waals surface area contributed by atoms with Gasteiger partial charge >= 0.3 is 6.18 Å². The Morgan fingerprint density at radius 3 is 2.71 bits per heavy atom. The molecule has 0 bridgehead atoms. The number of anilines is 1. The van der Waals surface area contributed by atoms with Gasteiger partial charge in [0.15, 0.2) is 6.61 Å². The Balaban J connectivity index is 2.13. The monoisotopic (exact) mass is 306 g/mol. The van der Waals surface area contributed by atoms with Crippen LogP contribution in [0.4, 0.5) is 23.2 Å². The fourth-order valence-corrected chi connectivity index (χ4v) is 2.04. The molecule has 1 aromatic carbocycles. The number of hydrogen-bond acceptors (Lipinski definition) is 3. The van der Waals surface area contributed by atoms with Crippen molar-refractivity contribution in [2.24, 2.45) is 0 Å². The third kappa shape index (κ3) is 3.99. The van der Waals surface area contributed by atoms with Crippen LogP contribution in [-0.2, 0) is 4.79 Å². The van der Waals surface area contributed by atoms with Gasteiger partial charge in [-0.2, -0.15) is 13.2 Å². The Bertz CT molecular complexity index is 533. The van der Waals surface area contributed by atoms with Crippen molar-refractivity contribution in [3.63, 3.8) is 0 Å². The molecule has 1 aromatic rings. The van der Waals surface area contributed by atoms with E-state index in [1.54, 1.807) is 7.05 Å². The summed E-state index contributed by atoms with van der Waals surface area (Å²) in [6.45, 7) is -0.972. The quantitative estimate of drug-likeness (QED) is 0.869. The lowest BCUT2D eigenvalue weighted by Gasteiger charge is -2.17. The minimum atomic E-state index is -4.52. The van der Waals surface area contributed by atoms with Gasteiger partial charge in [0.05, 0.1) is 5.69 Å². The van der Waals surface area contributed by atoms with Crippen molar-refractivity contribution >= 4 is 11.6 Å². The van der Waals surface area contributed by atoms with Gasteiger partial charge in [-0.3, -0.25) is 4.79 Å². The third-order valence-corrected chi connectivity index (χ3v) is 3.09. The number of rotatable bonds is 4. The van der Waals surface area contributed by atoms with Gasteiger partial charge in [0.25, 0.3) is 0 Å². The van der Waals surface area contributed by atoms with Crippen molar-refractivity contribution < 1.29 is 27.1 Å². The third-order valence-electron chi connectivity index (χ3n) is 3.09. The maximum atomic E-state index is 13.2. The lowest BCUT2D eigenvalue weighted by molar-refractivity contribution is -0.153. The van der Waals surface area contributed by atoms with Gasteiger partial charge in [0.1, 0.15) is 17.6 Å². The van der Waals surface area contributed by atoms with Crippen LogP contribution in [0.15, 0.2) is 18.2 Å². The van der Waals surface area contributed by atoms with E-state index in [0.717, 1.165) is 12.1 Å². The number of benzene rings is 1. The van der Waals surface area contributed by atoms with Crippen LogP contribution in [-0.4, -0.2) is 43.2 Å². The lowest BCUT2D eigenvalue weighted by atomic mass is 10.2. The number of hydrogen-bond donors (Lipinski definition) is 1. The van der Waals surface area contributed by atoms with Gasteiger partial charge in [-0.25, -0.2) is 4.39 Å². The lowest BCUT2D eigenvalue weighted by Crippen LogP contribution is -2.31. The molecular weight excluding hydrogens is 292 g/mol. The summed E-state index contributed by atoms with van der Waals surface area (Å²) >= 11 is 0. The van der Waals surface area contributed by atoms with Crippen molar-refractivity contribution in [2.75, 3.05) is 25.5 Å². The molecule has 0 aromatic heterocycles. The number of likely N-dealkylation sites (tertiary alicyclic amines) is 1. The van der Waals surface area contributed by atoms with E-state index >= 15 is 0 Å². The Kier molecular flexibility index (Phi) is 4.24. The molecule has 0 spiro atoms. The first-order valence-electron chi connectivity index (χ1n) is 6.27. The number of amides is 1. The summed E-state index contributed by atoms with van der Waals surface area (Å²) in [5.41, 5.74) is 0.161. The normalized spacial score (nSPS) is 19.0. The second-order valence-corrected chi connectivity index (χ2v) is 4.79. The first-order valence-corrected chi connectivity index (χ1v) is 6.27. The highest BCUT2D eigenvalue weighted by atomic mass is 19.4. The van der Waals surface area contributed by atoms with Crippen LogP contribution in [0, 0.1) is 5.82 Å². The van der Waals surface area contributed by atoms with Crippen molar-refractivity contribution in [2.45, 2.75) is 18.6 Å². The number of ether oxygens (including phenoxy) is 1. The standard InChI is InChI=1S/C13H14F4N2O2/c1-19-5-4-10(12(19)20)18-9-3-2-8(14)6-11(9)21-7-13(15,16)17/h2-3,6,10,18H,4-5,7H2,1H3/t10-/m1/s1. The summed E-state index contributed by atoms with van der Waals surface area (Å²) in [6.07, 6.45) is -4.00. The van der Waals surface area contributed by atoms with Gasteiger partial charge in [0.2, 0.25) is 5.91 Å². The predicted octanol–water partition coefficient (Wildman–Crippen LogP) is 2.41. The first-order chi connectivity index (χ1) is 9.76. The highest BCUT2D eigenvalue weighted by Gasteiger charge is 2.31. The molecule has 116 valence electrons. The number of carbonyl (C=O) groups is 1. The second-order valence-electron chi connectivity index (χ2n) is 4.79. The smallest absolute Gasteiger partial charge is 0.422 e. The van der Waals surface area contributed by atoms with Gasteiger partial charge in [-0.05, 0) is 18.6 Å². The average molecular weight is 306 g/mol. The summed E-state index contributed by atoms with van der Waals surface area (Å²) in [5.74, 6) is -1.15. The summed E-state index contributed by atoms with van der Waals surface area (Å²) in [4.78, 5) is 13.3. The van der Waals surface area contributed by atoms with Crippen LogP contribution in [0.3, 0.4) is 0 Å². The predicted molar refractivity (Wildman–Crippen MR) is 67.6 cm³/mol. The van der Waals surface area contributed by atoms with E-state index in [9.17, 15) is 22.4 Å². The van der Waals surface area contributed by atoms with Gasteiger partial charge in [0, 0.05) is 19.7 Å². The summed E-state index contributed by atoms with van der Waals surface area (Å²) in [5, 5.41) is 2.80. The minimum absolute atomic E-state index is 0.161. The van der Waals surface area contributed by atoms with Crippen LogP contribution in [0.5, 0.6) is 5.75 Å². The maximum absolute atomic E-state index is 13.2. The van der Waals surface area contributed by atoms with Crippen LogP contribution >= 0.6 is 0 Å². The van der Waals surface area contributed by atoms with Crippen molar-refractivity contribution in [1.82, 2.24) is 4.90 Å². The van der Waals surface area contributed by atoms with Gasteiger partial charge in [-0.15, -0.1) is 0 Å². The number of nitrogens with one attached hydrogen (secondary N) is 1. The van der Waals surface area contributed by atoms with E-state index in [1.807, 2.05) is 0 Å². The highest BCUT2D eigenvalue weighted by molar-refractivity contribution is 5.87. The van der Waals surface area contributed by atoms with Crippen LogP contribution in [0.25, 0.3) is 0 Å². The number of alkyl halides is 3. The number of halogens is 4. The highest BCUT2D eigenvalue weighted by Crippen LogP contribution is 2.29. The van der Waals surface area contributed by atoms with Crippen molar-refractivity contribution in [1.29, 1.82) is 0 Å². The Labute approximate surface area is 118 Å². The molecule has 1 aliphatic rings. The van der Waals surface area contributed by atoms with E-state index in [-0.39, 0.29) is 17.3 Å². The summed E-state index contributed by atoms with van der Waals surface area (Å²) in [6, 6.07) is 2.66. The van der Waals surface area contributed by atoms with E-state index in [0.29, 0.717) is 13.0 Å². The Hall–Kier alpha value is -1.99. The van der Waals surface area contributed by atoms with Gasteiger partial charge < -0.3 is 15.0 Å². The number of carbonyl (C=O) groups excluding carboxylic acids is 1. The summed E-state index contributed by atoms with van der Waals surface area (Å²) < 4.78 is 54.3. The minimum Gasteiger partial charge on any atom is -0.482 e. The fraction of sp³-hybridized carbons (Fsp3) is 0.462. The second kappa shape index (κ2) is 5.79. The molecule has 1 amide bonds. The van der Waals surface area contributed by atoms with E-state index in [1.165, 1.54) is 11.0 Å². The Morgan fingerprint density at radius 1 is 1.43 bits per heavy atom. The SMILES string of the molecule is CN1CC[C@@H](Nc2ccc(F)cc2OCC(F)(F)F)C1=O. The zero-order valence-electron chi connectivity index (χ0n) is 11.2. The molecule has 1 fully saturated rings. The zero-order valence-corrected chi connectivity index (χ0v) is 11.2. The molecular formula is C13H14F4N2O2. The molecule has 0 radical (unpaired) electrons. The zero-order chi connectivity index (χ0) is 15.6. The topological polar surface area (TPSA) is 41.6 Å². The van der Waals surface area contributed by atoms with E-state index < -0.39 is 24.6 Å². The van der Waals surface area contributed by atoms with Crippen LogP contribution in [0.2, 0.25) is 0 Å². The molecule has 4 nitrogen and oxygen atoms in total. The molecule has 8 heteroatoms. The molecule has 0 unspecified atom stereocenters. The fourth-order valence-electron chi connectivity index (χ4n) is 2.04. The molecule has 2 rings (SSSR count). The average Bonchev–Trinajstić information content (AvgIpc) is 2.70. The number of likely N-dealkylation sites (N-methyl/N-ethyl adjacent to an activating group) is 1. The van der Waals surface area contributed by atoms with Crippen LogP contribution in [0.1, 0.15) is 6.42 Å². The molecule has 1 heterocycles. The molecule has 0 saturated carbocycles. The van der Waals surface area contributed by atoms with E-state index in [4.69, 9.17) is 0 Å². The van der Waals surface area contributed by atoms with Gasteiger partial charge in [-0.1, -0.05) is 0 Å². The van der Waals surface area contributed by atoms with Crippen molar-refractivity contribution in [3.05, 3.63) is 24.0 Å². The van der Waals surface area contributed by atoms with Crippen molar-refractivity contribution in [3.8, 4) is 5.75 Å². The molecule has 1 saturated heterocycles. The molecule has 21 heavy (non-hydrogen) atoms. The Morgan fingerprint density at radius 2 is 2.14 bits per heavy atom. The maximum Gasteiger partial charge on any atom is 0.422 e. The molecule has 1 N–H and O–H groups in total. The number of nitrogens with zero attached hydrogens (tertiary/aromatic N) is 1. The van der Waals surface area contributed by atoms with E-state index in [2.05, 4.69) is 10.1 Å². The largest absolute Gasteiger partial charge is 0.482 e. The molecule has 0 aliphatic carbocycles. The first kappa shape index (κ1) is 15.4. The molecule has 1 aliphatic heterocycles. The van der Waals surface area contributed by atoms with Crippen LogP contribution < -0.4 is 10.1 Å². The summed E-state index contributed by atoms with van der Waals surface area (Å²) in [7, 11) is 1.63.